The van der Waals surface area contributed by atoms with Crippen LogP contribution in [0, 0.1) is 0 Å². The van der Waals surface area contributed by atoms with Crippen molar-refractivity contribution < 1.29 is 4.79 Å². The van der Waals surface area contributed by atoms with Crippen molar-refractivity contribution in [1.29, 1.82) is 0 Å². The monoisotopic (exact) mass is 145 g/mol. The maximum absolute atomic E-state index is 10.5. The van der Waals surface area contributed by atoms with Crippen molar-refractivity contribution >= 4 is 16.9 Å². The molecule has 2 nitrogen and oxygen atoms in total. The molecule has 0 amide bonds. The Bertz CT molecular complexity index is 110. The van der Waals surface area contributed by atoms with E-state index in [4.69, 9.17) is 0 Å². The number of thioether (sulfide) groups is 1. The standard InChI is InChI=1S/C6H11NOS/c1-5(8)9-6-2-3-7-4-6/h6-7H,2-4H2,1H3/t6-/m0/s1. The minimum Gasteiger partial charge on any atom is -0.316 e. The lowest BCUT2D eigenvalue weighted by atomic mass is 10.4. The first kappa shape index (κ1) is 7.09. The van der Waals surface area contributed by atoms with E-state index in [2.05, 4.69) is 5.32 Å². The SMILES string of the molecule is CC(=O)S[C@H]1CCNC1. The summed E-state index contributed by atoms with van der Waals surface area (Å²) in [6.45, 7) is 3.71. The predicted octanol–water partition coefficient (Wildman–Crippen LogP) is 0.628. The van der Waals surface area contributed by atoms with E-state index in [0.29, 0.717) is 5.25 Å². The van der Waals surface area contributed by atoms with Gasteiger partial charge in [-0.2, -0.15) is 0 Å². The first-order valence-electron chi connectivity index (χ1n) is 3.17. The highest BCUT2D eigenvalue weighted by Gasteiger charge is 2.15. The molecule has 52 valence electrons. The molecule has 1 N–H and O–H groups in total. The van der Waals surface area contributed by atoms with E-state index in [1.54, 1.807) is 6.92 Å². The molecule has 1 heterocycles. The number of rotatable bonds is 1. The molecule has 0 aromatic carbocycles. The summed E-state index contributed by atoms with van der Waals surface area (Å²) >= 11 is 1.46. The second-order valence-corrected chi connectivity index (χ2v) is 3.70. The molecule has 0 spiro atoms. The Morgan fingerprint density at radius 1 is 1.78 bits per heavy atom. The third-order valence-electron chi connectivity index (χ3n) is 1.35. The van der Waals surface area contributed by atoms with Gasteiger partial charge in [-0.1, -0.05) is 11.8 Å². The summed E-state index contributed by atoms with van der Waals surface area (Å²) in [4.78, 5) is 10.5. The summed E-state index contributed by atoms with van der Waals surface area (Å²) in [5.74, 6) is 0. The van der Waals surface area contributed by atoms with E-state index in [1.807, 2.05) is 0 Å². The van der Waals surface area contributed by atoms with Crippen molar-refractivity contribution in [3.63, 3.8) is 0 Å². The molecule has 0 radical (unpaired) electrons. The molecule has 3 heteroatoms. The summed E-state index contributed by atoms with van der Waals surface area (Å²) in [6.07, 6.45) is 1.14. The normalized spacial score (nSPS) is 26.6. The smallest absolute Gasteiger partial charge is 0.186 e. The first-order valence-corrected chi connectivity index (χ1v) is 4.05. The molecule has 0 bridgehead atoms. The highest BCUT2D eigenvalue weighted by Crippen LogP contribution is 2.17. The molecule has 1 rings (SSSR count). The Kier molecular flexibility index (Phi) is 2.54. The van der Waals surface area contributed by atoms with Gasteiger partial charge in [-0.25, -0.2) is 0 Å². The van der Waals surface area contributed by atoms with Gasteiger partial charge in [0.25, 0.3) is 0 Å². The van der Waals surface area contributed by atoms with Crippen LogP contribution in [0.3, 0.4) is 0 Å². The zero-order chi connectivity index (χ0) is 6.69. The largest absolute Gasteiger partial charge is 0.316 e. The van der Waals surface area contributed by atoms with Gasteiger partial charge in [-0.3, -0.25) is 4.79 Å². The lowest BCUT2D eigenvalue weighted by Crippen LogP contribution is -2.11. The van der Waals surface area contributed by atoms with Gasteiger partial charge < -0.3 is 5.32 Å². The van der Waals surface area contributed by atoms with E-state index in [9.17, 15) is 4.79 Å². The molecule has 0 aromatic rings. The Morgan fingerprint density at radius 2 is 2.56 bits per heavy atom. The molecular weight excluding hydrogens is 134 g/mol. The lowest BCUT2D eigenvalue weighted by Gasteiger charge is -2.01. The van der Waals surface area contributed by atoms with Crippen LogP contribution in [-0.2, 0) is 4.79 Å². The summed E-state index contributed by atoms with van der Waals surface area (Å²) < 4.78 is 0. The van der Waals surface area contributed by atoms with E-state index in [-0.39, 0.29) is 5.12 Å². The van der Waals surface area contributed by atoms with Crippen molar-refractivity contribution in [3.8, 4) is 0 Å². The molecule has 1 aliphatic heterocycles. The summed E-state index contributed by atoms with van der Waals surface area (Å²) in [6, 6.07) is 0. The number of hydrogen-bond donors (Lipinski definition) is 1. The molecule has 0 aliphatic carbocycles. The maximum atomic E-state index is 10.5. The molecule has 1 aliphatic rings. The van der Waals surface area contributed by atoms with Crippen LogP contribution in [0.15, 0.2) is 0 Å². The van der Waals surface area contributed by atoms with E-state index >= 15 is 0 Å². The number of nitrogens with one attached hydrogen (secondary N) is 1. The third kappa shape index (κ3) is 2.37. The van der Waals surface area contributed by atoms with Crippen LogP contribution in [0.5, 0.6) is 0 Å². The molecule has 0 unspecified atom stereocenters. The molecule has 0 saturated carbocycles. The van der Waals surface area contributed by atoms with Gasteiger partial charge in [0.05, 0.1) is 0 Å². The zero-order valence-corrected chi connectivity index (χ0v) is 6.33. The van der Waals surface area contributed by atoms with E-state index in [0.717, 1.165) is 19.5 Å². The summed E-state index contributed by atoms with van der Waals surface area (Å²) in [5.41, 5.74) is 0. The fourth-order valence-electron chi connectivity index (χ4n) is 0.963. The summed E-state index contributed by atoms with van der Waals surface area (Å²) in [7, 11) is 0. The molecule has 0 aromatic heterocycles. The van der Waals surface area contributed by atoms with Crippen LogP contribution in [0.4, 0.5) is 0 Å². The van der Waals surface area contributed by atoms with Crippen molar-refractivity contribution in [2.45, 2.75) is 18.6 Å². The van der Waals surface area contributed by atoms with Crippen molar-refractivity contribution in [2.75, 3.05) is 13.1 Å². The predicted molar refractivity (Wildman–Crippen MR) is 39.5 cm³/mol. The Hall–Kier alpha value is -0.0200. The maximum Gasteiger partial charge on any atom is 0.186 e. The van der Waals surface area contributed by atoms with Crippen molar-refractivity contribution in [2.24, 2.45) is 0 Å². The molecule has 1 fully saturated rings. The second kappa shape index (κ2) is 3.22. The number of carbonyl (C=O) groups excluding carboxylic acids is 1. The van der Waals surface area contributed by atoms with Gasteiger partial charge in [0.2, 0.25) is 0 Å². The number of carbonyl (C=O) groups is 1. The minimum atomic E-state index is 0.240. The van der Waals surface area contributed by atoms with E-state index in [1.165, 1.54) is 11.8 Å². The highest BCUT2D eigenvalue weighted by molar-refractivity contribution is 8.14. The topological polar surface area (TPSA) is 29.1 Å². The third-order valence-corrected chi connectivity index (χ3v) is 2.42. The Balaban J connectivity index is 2.19. The molecule has 9 heavy (non-hydrogen) atoms. The second-order valence-electron chi connectivity index (χ2n) is 2.22. The van der Waals surface area contributed by atoms with Gasteiger partial charge in [0.1, 0.15) is 0 Å². The molecule has 1 saturated heterocycles. The van der Waals surface area contributed by atoms with Crippen LogP contribution in [-0.4, -0.2) is 23.5 Å². The fraction of sp³-hybridized carbons (Fsp3) is 0.833. The van der Waals surface area contributed by atoms with Gasteiger partial charge in [-0.15, -0.1) is 0 Å². The molecular formula is C6H11NOS. The van der Waals surface area contributed by atoms with Crippen LogP contribution >= 0.6 is 11.8 Å². The van der Waals surface area contributed by atoms with Gasteiger partial charge in [-0.05, 0) is 13.0 Å². The van der Waals surface area contributed by atoms with Gasteiger partial charge in [0, 0.05) is 18.7 Å². The summed E-state index contributed by atoms with van der Waals surface area (Å²) in [5, 5.41) is 3.99. The van der Waals surface area contributed by atoms with Crippen molar-refractivity contribution in [3.05, 3.63) is 0 Å². The first-order chi connectivity index (χ1) is 4.29. The van der Waals surface area contributed by atoms with Gasteiger partial charge in [0.15, 0.2) is 5.12 Å². The minimum absolute atomic E-state index is 0.240. The van der Waals surface area contributed by atoms with Crippen LogP contribution < -0.4 is 5.32 Å². The zero-order valence-electron chi connectivity index (χ0n) is 5.52. The van der Waals surface area contributed by atoms with Crippen LogP contribution in [0.1, 0.15) is 13.3 Å². The number of hydrogen-bond acceptors (Lipinski definition) is 3. The highest BCUT2D eigenvalue weighted by atomic mass is 32.2. The van der Waals surface area contributed by atoms with Gasteiger partial charge >= 0.3 is 0 Å². The average Bonchev–Trinajstić information content (AvgIpc) is 2.15. The fourth-order valence-corrected chi connectivity index (χ4v) is 1.87. The van der Waals surface area contributed by atoms with Crippen LogP contribution in [0.2, 0.25) is 0 Å². The van der Waals surface area contributed by atoms with Crippen molar-refractivity contribution in [1.82, 2.24) is 5.32 Å². The molecule has 1 atom stereocenters. The quantitative estimate of drug-likeness (QED) is 0.586. The average molecular weight is 145 g/mol. The van der Waals surface area contributed by atoms with Crippen LogP contribution in [0.25, 0.3) is 0 Å². The van der Waals surface area contributed by atoms with E-state index < -0.39 is 0 Å². The Morgan fingerprint density at radius 3 is 3.00 bits per heavy atom. The Labute approximate surface area is 59.4 Å². The lowest BCUT2D eigenvalue weighted by molar-refractivity contribution is -0.109.